The second-order valence-electron chi connectivity index (χ2n) is 8.55. The van der Waals surface area contributed by atoms with Gasteiger partial charge in [0.05, 0.1) is 11.8 Å². The highest BCUT2D eigenvalue weighted by Gasteiger charge is 2.22. The second-order valence-corrected chi connectivity index (χ2v) is 8.55. The van der Waals surface area contributed by atoms with Crippen LogP contribution in [-0.4, -0.2) is 17.8 Å². The minimum atomic E-state index is 0.501. The molecule has 0 amide bonds. The third kappa shape index (κ3) is 3.42. The smallest absolute Gasteiger partial charge is 0.0677 e. The lowest BCUT2D eigenvalue weighted by Gasteiger charge is -2.27. The predicted molar refractivity (Wildman–Crippen MR) is 117 cm³/mol. The number of benzene rings is 2. The first kappa shape index (κ1) is 17.0. The number of nitrogens with zero attached hydrogens (tertiary/aromatic N) is 1. The molecule has 2 nitrogen and oxygen atoms in total. The summed E-state index contributed by atoms with van der Waals surface area (Å²) in [6, 6.07) is 12.3. The molecule has 0 radical (unpaired) electrons. The van der Waals surface area contributed by atoms with Crippen molar-refractivity contribution in [3.8, 4) is 0 Å². The molecule has 2 aromatic rings. The zero-order chi connectivity index (χ0) is 18.1. The van der Waals surface area contributed by atoms with Crippen molar-refractivity contribution in [2.45, 2.75) is 76.3 Å². The van der Waals surface area contributed by atoms with Gasteiger partial charge in [0.2, 0.25) is 0 Å². The maximum atomic E-state index is 5.26. The lowest BCUT2D eigenvalue weighted by molar-refractivity contribution is 0.444. The fourth-order valence-corrected chi connectivity index (χ4v) is 5.17. The topological polar surface area (TPSA) is 24.4 Å². The van der Waals surface area contributed by atoms with Crippen molar-refractivity contribution in [1.29, 1.82) is 0 Å². The molecular formula is C25H30N2. The minimum absolute atomic E-state index is 0.501. The Morgan fingerprint density at radius 1 is 0.778 bits per heavy atom. The normalized spacial score (nSPS) is 22.4. The van der Waals surface area contributed by atoms with Gasteiger partial charge < -0.3 is 5.32 Å². The molecule has 2 aromatic carbocycles. The van der Waals surface area contributed by atoms with Crippen LogP contribution in [0.15, 0.2) is 41.4 Å². The van der Waals surface area contributed by atoms with E-state index in [0.717, 1.165) is 0 Å². The van der Waals surface area contributed by atoms with Gasteiger partial charge in [-0.3, -0.25) is 4.99 Å². The van der Waals surface area contributed by atoms with E-state index in [-0.39, 0.29) is 0 Å². The van der Waals surface area contributed by atoms with Crippen LogP contribution in [-0.2, 0) is 0 Å². The van der Waals surface area contributed by atoms with E-state index < -0.39 is 0 Å². The van der Waals surface area contributed by atoms with Crippen molar-refractivity contribution < 1.29 is 0 Å². The molecule has 0 aliphatic heterocycles. The molecule has 140 valence electrons. The van der Waals surface area contributed by atoms with Crippen molar-refractivity contribution in [2.24, 2.45) is 4.99 Å². The largest absolute Gasteiger partial charge is 0.382 e. The van der Waals surface area contributed by atoms with Crippen molar-refractivity contribution >= 4 is 28.2 Å². The van der Waals surface area contributed by atoms with Gasteiger partial charge in [-0.05, 0) is 48.8 Å². The average Bonchev–Trinajstić information content (AvgIpc) is 2.73. The zero-order valence-corrected chi connectivity index (χ0v) is 16.2. The maximum Gasteiger partial charge on any atom is 0.0677 e. The maximum absolute atomic E-state index is 5.26. The molecule has 0 bridgehead atoms. The standard InChI is InChI=1S/C25H30N2/c1-3-10-20(11-4-1)26-22-16-14-18-8-7-9-19-15-17-23(25(22)24(18)19)27-21-12-5-2-6-13-21/h7-9,14-17,20-21,26H,1-6,10-13H2. The molecule has 0 spiro atoms. The number of nitrogens with one attached hydrogen (secondary N) is 1. The first-order chi connectivity index (χ1) is 13.4. The van der Waals surface area contributed by atoms with E-state index in [1.165, 1.54) is 97.5 Å². The highest BCUT2D eigenvalue weighted by molar-refractivity contribution is 6.25. The molecule has 3 aliphatic carbocycles. The van der Waals surface area contributed by atoms with Crippen LogP contribution in [0, 0.1) is 0 Å². The van der Waals surface area contributed by atoms with E-state index in [1.54, 1.807) is 0 Å². The van der Waals surface area contributed by atoms with Crippen LogP contribution in [0.25, 0.3) is 16.8 Å². The third-order valence-corrected chi connectivity index (χ3v) is 6.62. The summed E-state index contributed by atoms with van der Waals surface area (Å²) in [5.74, 6) is 0. The molecule has 27 heavy (non-hydrogen) atoms. The molecule has 2 heteroatoms. The predicted octanol–water partition coefficient (Wildman–Crippen LogP) is 6.73. The summed E-state index contributed by atoms with van der Waals surface area (Å²) in [7, 11) is 0. The molecule has 3 aliphatic rings. The summed E-state index contributed by atoms with van der Waals surface area (Å²) < 4.78 is 0. The SMILES string of the molecule is C1=Cc2cccc3ccc(NC4CCCCC4)c(c23)C1=NC1CCCCC1. The number of aliphatic imine (C=N–C) groups is 1. The van der Waals surface area contributed by atoms with Crippen molar-refractivity contribution in [3.05, 3.63) is 47.5 Å². The fourth-order valence-electron chi connectivity index (χ4n) is 5.17. The van der Waals surface area contributed by atoms with Gasteiger partial charge in [0.25, 0.3) is 0 Å². The van der Waals surface area contributed by atoms with Gasteiger partial charge in [-0.2, -0.15) is 0 Å². The Bertz CT molecular complexity index is 881. The fraction of sp³-hybridized carbons (Fsp3) is 0.480. The third-order valence-electron chi connectivity index (χ3n) is 6.62. The number of rotatable bonds is 3. The van der Waals surface area contributed by atoms with Crippen molar-refractivity contribution in [1.82, 2.24) is 0 Å². The van der Waals surface area contributed by atoms with E-state index >= 15 is 0 Å². The molecule has 2 fully saturated rings. The summed E-state index contributed by atoms with van der Waals surface area (Å²) in [6.07, 6.45) is 17.8. The molecule has 0 saturated heterocycles. The first-order valence-electron chi connectivity index (χ1n) is 11.0. The molecular weight excluding hydrogens is 328 g/mol. The summed E-state index contributed by atoms with van der Waals surface area (Å²) in [6.45, 7) is 0. The van der Waals surface area contributed by atoms with Gasteiger partial charge in [-0.1, -0.05) is 68.9 Å². The number of hydrogen-bond acceptors (Lipinski definition) is 2. The Morgan fingerprint density at radius 3 is 2.37 bits per heavy atom. The second kappa shape index (κ2) is 7.50. The number of hydrogen-bond donors (Lipinski definition) is 1. The Labute approximate surface area is 162 Å². The van der Waals surface area contributed by atoms with E-state index in [2.05, 4.69) is 47.8 Å². The Morgan fingerprint density at radius 2 is 1.56 bits per heavy atom. The van der Waals surface area contributed by atoms with Crippen LogP contribution in [0.1, 0.15) is 75.3 Å². The van der Waals surface area contributed by atoms with Gasteiger partial charge in [0.15, 0.2) is 0 Å². The molecule has 1 N–H and O–H groups in total. The van der Waals surface area contributed by atoms with Gasteiger partial charge in [0, 0.05) is 22.7 Å². The van der Waals surface area contributed by atoms with E-state index in [4.69, 9.17) is 4.99 Å². The average molecular weight is 359 g/mol. The molecule has 0 atom stereocenters. The molecule has 0 heterocycles. The van der Waals surface area contributed by atoms with Gasteiger partial charge in [0.1, 0.15) is 0 Å². The quantitative estimate of drug-likeness (QED) is 0.646. The monoisotopic (exact) mass is 358 g/mol. The highest BCUT2D eigenvalue weighted by Crippen LogP contribution is 2.36. The van der Waals surface area contributed by atoms with Gasteiger partial charge >= 0.3 is 0 Å². The van der Waals surface area contributed by atoms with Crippen LogP contribution < -0.4 is 5.32 Å². The summed E-state index contributed by atoms with van der Waals surface area (Å²) in [5.41, 5.74) is 5.17. The Hall–Kier alpha value is -2.09. The lowest BCUT2D eigenvalue weighted by atomic mass is 9.88. The van der Waals surface area contributed by atoms with Crippen LogP contribution in [0.2, 0.25) is 0 Å². The van der Waals surface area contributed by atoms with Gasteiger partial charge in [-0.15, -0.1) is 0 Å². The van der Waals surface area contributed by atoms with Crippen LogP contribution in [0.3, 0.4) is 0 Å². The van der Waals surface area contributed by atoms with Crippen LogP contribution in [0.4, 0.5) is 5.69 Å². The first-order valence-corrected chi connectivity index (χ1v) is 11.0. The van der Waals surface area contributed by atoms with Gasteiger partial charge in [-0.25, -0.2) is 0 Å². The molecule has 0 aromatic heterocycles. The van der Waals surface area contributed by atoms with Crippen LogP contribution in [0.5, 0.6) is 0 Å². The van der Waals surface area contributed by atoms with Crippen LogP contribution >= 0.6 is 0 Å². The Kier molecular flexibility index (Phi) is 4.73. The highest BCUT2D eigenvalue weighted by atomic mass is 14.9. The summed E-state index contributed by atoms with van der Waals surface area (Å²) in [5, 5.41) is 6.62. The number of allylic oxidation sites excluding steroid dienone is 1. The Balaban J connectivity index is 1.59. The van der Waals surface area contributed by atoms with Crippen molar-refractivity contribution in [2.75, 3.05) is 5.32 Å². The molecule has 5 rings (SSSR count). The molecule has 0 unspecified atom stereocenters. The van der Waals surface area contributed by atoms with Crippen molar-refractivity contribution in [3.63, 3.8) is 0 Å². The summed E-state index contributed by atoms with van der Waals surface area (Å²) >= 11 is 0. The number of anilines is 1. The van der Waals surface area contributed by atoms with E-state index in [1.807, 2.05) is 0 Å². The molecule has 2 saturated carbocycles. The minimum Gasteiger partial charge on any atom is -0.382 e. The van der Waals surface area contributed by atoms with E-state index in [9.17, 15) is 0 Å². The van der Waals surface area contributed by atoms with E-state index in [0.29, 0.717) is 12.1 Å². The lowest BCUT2D eigenvalue weighted by Crippen LogP contribution is -2.24. The summed E-state index contributed by atoms with van der Waals surface area (Å²) in [4.78, 5) is 5.26. The zero-order valence-electron chi connectivity index (χ0n) is 16.2.